The number of carboxylic acids is 4. The molecule has 0 unspecified atom stereocenters. The molecule has 0 fully saturated rings. The highest BCUT2D eigenvalue weighted by Gasteiger charge is 2.32. The number of nitrogens with one attached hydrogen (secondary N) is 3. The van der Waals surface area contributed by atoms with Gasteiger partial charge in [-0.15, -0.1) is 0 Å². The average molecular weight is 510 g/mol. The van der Waals surface area contributed by atoms with Gasteiger partial charge in [0.25, 0.3) is 0 Å². The van der Waals surface area contributed by atoms with E-state index in [2.05, 4.69) is 5.32 Å². The number of carboxylic acid groups (broad SMARTS) is 4. The predicted octanol–water partition coefficient (Wildman–Crippen LogP) is -2.48. The fraction of sp³-hybridized carbons (Fsp3) is 0.381. The van der Waals surface area contributed by atoms with Gasteiger partial charge in [-0.3, -0.25) is 28.8 Å². The minimum absolute atomic E-state index is 0.158. The molecule has 0 spiro atoms. The first-order valence-corrected chi connectivity index (χ1v) is 10.4. The SMILES string of the molecule is N[C@@H](CC(=O)O)C(=O)N[C@@H](CC(=O)O)C(=O)N[C@@H](CC(=O)O)C(=O)N[C@@H](Cc1ccccc1)C(=O)O. The van der Waals surface area contributed by atoms with E-state index >= 15 is 0 Å². The second kappa shape index (κ2) is 14.0. The molecule has 0 saturated carbocycles. The highest BCUT2D eigenvalue weighted by Crippen LogP contribution is 2.06. The number of benzene rings is 1. The largest absolute Gasteiger partial charge is 0.481 e. The Hall–Kier alpha value is -4.53. The molecule has 0 aliphatic rings. The highest BCUT2D eigenvalue weighted by atomic mass is 16.4. The van der Waals surface area contributed by atoms with Gasteiger partial charge in [0.15, 0.2) is 0 Å². The molecule has 1 aromatic rings. The molecule has 1 rings (SSSR count). The van der Waals surface area contributed by atoms with Crippen molar-refractivity contribution in [2.24, 2.45) is 5.73 Å². The lowest BCUT2D eigenvalue weighted by Crippen LogP contribution is -2.58. The second-order valence-corrected chi connectivity index (χ2v) is 7.61. The first kappa shape index (κ1) is 29.5. The molecule has 15 heteroatoms. The number of carbonyl (C=O) groups is 7. The van der Waals surface area contributed by atoms with Gasteiger partial charge in [0, 0.05) is 6.42 Å². The monoisotopic (exact) mass is 510 g/mol. The van der Waals surface area contributed by atoms with E-state index < -0.39 is 85.0 Å². The summed E-state index contributed by atoms with van der Waals surface area (Å²) in [4.78, 5) is 82.1. The average Bonchev–Trinajstić information content (AvgIpc) is 2.77. The third-order valence-corrected chi connectivity index (χ3v) is 4.65. The number of hydrogen-bond donors (Lipinski definition) is 8. The number of rotatable bonds is 15. The van der Waals surface area contributed by atoms with Crippen molar-refractivity contribution in [2.75, 3.05) is 0 Å². The van der Waals surface area contributed by atoms with Crippen LogP contribution < -0.4 is 21.7 Å². The molecule has 0 aliphatic heterocycles. The lowest BCUT2D eigenvalue weighted by atomic mass is 10.0. The van der Waals surface area contributed by atoms with Gasteiger partial charge >= 0.3 is 23.9 Å². The molecule has 3 amide bonds. The van der Waals surface area contributed by atoms with Crippen LogP contribution in [0.1, 0.15) is 24.8 Å². The van der Waals surface area contributed by atoms with Crippen molar-refractivity contribution in [1.82, 2.24) is 16.0 Å². The fourth-order valence-electron chi connectivity index (χ4n) is 2.92. The minimum Gasteiger partial charge on any atom is -0.481 e. The molecule has 15 nitrogen and oxygen atoms in total. The van der Waals surface area contributed by atoms with E-state index in [4.69, 9.17) is 21.1 Å². The van der Waals surface area contributed by atoms with E-state index in [1.54, 1.807) is 30.3 Å². The summed E-state index contributed by atoms with van der Waals surface area (Å²) in [5.41, 5.74) is 5.94. The maximum atomic E-state index is 12.7. The van der Waals surface area contributed by atoms with Gasteiger partial charge in [0.05, 0.1) is 25.3 Å². The zero-order valence-corrected chi connectivity index (χ0v) is 18.7. The molecular formula is C21H26N4O11. The van der Waals surface area contributed by atoms with Gasteiger partial charge in [0.1, 0.15) is 18.1 Å². The van der Waals surface area contributed by atoms with Crippen molar-refractivity contribution < 1.29 is 54.0 Å². The van der Waals surface area contributed by atoms with Crippen molar-refractivity contribution >= 4 is 41.6 Å². The zero-order chi connectivity index (χ0) is 27.4. The zero-order valence-electron chi connectivity index (χ0n) is 18.7. The normalized spacial score (nSPS) is 13.8. The maximum absolute atomic E-state index is 12.7. The summed E-state index contributed by atoms with van der Waals surface area (Å²) < 4.78 is 0. The van der Waals surface area contributed by atoms with E-state index in [-0.39, 0.29) is 6.42 Å². The maximum Gasteiger partial charge on any atom is 0.326 e. The summed E-state index contributed by atoms with van der Waals surface area (Å²) in [5, 5.41) is 42.4. The van der Waals surface area contributed by atoms with Crippen LogP contribution in [-0.4, -0.2) is 86.2 Å². The molecule has 0 aliphatic carbocycles. The van der Waals surface area contributed by atoms with Crippen LogP contribution in [0.2, 0.25) is 0 Å². The molecule has 0 radical (unpaired) electrons. The molecule has 4 atom stereocenters. The van der Waals surface area contributed by atoms with Crippen molar-refractivity contribution in [3.63, 3.8) is 0 Å². The van der Waals surface area contributed by atoms with E-state index in [9.17, 15) is 38.7 Å². The Bertz CT molecular complexity index is 999. The Morgan fingerprint density at radius 3 is 1.47 bits per heavy atom. The van der Waals surface area contributed by atoms with E-state index in [1.807, 2.05) is 10.6 Å². The van der Waals surface area contributed by atoms with Gasteiger partial charge in [0.2, 0.25) is 17.7 Å². The molecular weight excluding hydrogens is 484 g/mol. The first-order valence-electron chi connectivity index (χ1n) is 10.4. The Morgan fingerprint density at radius 2 is 1.06 bits per heavy atom. The van der Waals surface area contributed by atoms with Crippen molar-refractivity contribution in [3.05, 3.63) is 35.9 Å². The summed E-state index contributed by atoms with van der Waals surface area (Å²) >= 11 is 0. The molecule has 0 bridgehead atoms. The Kier molecular flexibility index (Phi) is 11.5. The molecule has 0 aromatic heterocycles. The van der Waals surface area contributed by atoms with Gasteiger partial charge in [-0.25, -0.2) is 4.79 Å². The molecule has 1 aromatic carbocycles. The first-order chi connectivity index (χ1) is 16.8. The Labute approximate surface area is 203 Å². The van der Waals surface area contributed by atoms with Gasteiger partial charge in [-0.2, -0.15) is 0 Å². The quantitative estimate of drug-likeness (QED) is 0.122. The smallest absolute Gasteiger partial charge is 0.326 e. The molecule has 36 heavy (non-hydrogen) atoms. The van der Waals surface area contributed by atoms with E-state index in [0.29, 0.717) is 5.56 Å². The fourth-order valence-corrected chi connectivity index (χ4v) is 2.92. The topological polar surface area (TPSA) is 263 Å². The van der Waals surface area contributed by atoms with Crippen molar-refractivity contribution in [1.29, 1.82) is 0 Å². The van der Waals surface area contributed by atoms with E-state index in [1.165, 1.54) is 0 Å². The van der Waals surface area contributed by atoms with Crippen LogP contribution in [0.15, 0.2) is 30.3 Å². The number of carbonyl (C=O) groups excluding carboxylic acids is 3. The van der Waals surface area contributed by atoms with Crippen LogP contribution in [0, 0.1) is 0 Å². The molecule has 9 N–H and O–H groups in total. The summed E-state index contributed by atoms with van der Waals surface area (Å²) in [5.74, 6) is -9.62. The van der Waals surface area contributed by atoms with Crippen LogP contribution in [0.4, 0.5) is 0 Å². The van der Waals surface area contributed by atoms with Gasteiger partial charge in [-0.1, -0.05) is 30.3 Å². The number of nitrogens with two attached hydrogens (primary N) is 1. The molecule has 0 heterocycles. The summed E-state index contributed by atoms with van der Waals surface area (Å²) in [6, 6.07) is 1.38. The summed E-state index contributed by atoms with van der Waals surface area (Å²) in [6.07, 6.45) is -2.99. The van der Waals surface area contributed by atoms with Crippen LogP contribution >= 0.6 is 0 Å². The lowest BCUT2D eigenvalue weighted by molar-refractivity contribution is -0.145. The second-order valence-electron chi connectivity index (χ2n) is 7.61. The minimum atomic E-state index is -1.85. The van der Waals surface area contributed by atoms with Crippen molar-refractivity contribution in [2.45, 2.75) is 49.9 Å². The predicted molar refractivity (Wildman–Crippen MR) is 118 cm³/mol. The lowest BCUT2D eigenvalue weighted by Gasteiger charge is -2.24. The molecule has 0 saturated heterocycles. The van der Waals surface area contributed by atoms with Crippen LogP contribution in [0.5, 0.6) is 0 Å². The highest BCUT2D eigenvalue weighted by molar-refractivity contribution is 5.97. The van der Waals surface area contributed by atoms with E-state index in [0.717, 1.165) is 0 Å². The molecule has 196 valence electrons. The standard InChI is InChI=1S/C21H26N4O11/c22-11(7-15(26)27)18(32)23-12(8-16(28)29)19(33)24-13(9-17(30)31)20(34)25-14(21(35)36)6-10-4-2-1-3-5-10/h1-5,11-14H,6-9,22H2,(H,23,32)(H,24,33)(H,25,34)(H,26,27)(H,28,29)(H,30,31)(H,35,36)/t11-,12-,13-,14-/m0/s1. The summed E-state index contributed by atoms with van der Waals surface area (Å²) in [7, 11) is 0. The van der Waals surface area contributed by atoms with Gasteiger partial charge in [-0.05, 0) is 5.56 Å². The third-order valence-electron chi connectivity index (χ3n) is 4.65. The summed E-state index contributed by atoms with van der Waals surface area (Å²) in [6.45, 7) is 0. The van der Waals surface area contributed by atoms with Crippen LogP contribution in [0.3, 0.4) is 0 Å². The van der Waals surface area contributed by atoms with Crippen LogP contribution in [-0.2, 0) is 40.0 Å². The Balaban J connectivity index is 3.02. The van der Waals surface area contributed by atoms with Gasteiger partial charge < -0.3 is 42.1 Å². The van der Waals surface area contributed by atoms with Crippen molar-refractivity contribution in [3.8, 4) is 0 Å². The number of hydrogen-bond acceptors (Lipinski definition) is 8. The Morgan fingerprint density at radius 1 is 0.639 bits per heavy atom. The third kappa shape index (κ3) is 10.6. The number of amides is 3. The van der Waals surface area contributed by atoms with Crippen LogP contribution in [0.25, 0.3) is 0 Å². The number of aliphatic carboxylic acids is 4.